The summed E-state index contributed by atoms with van der Waals surface area (Å²) in [7, 11) is 0. The van der Waals surface area contributed by atoms with E-state index in [4.69, 9.17) is 0 Å². The number of nitrogens with one attached hydrogen (secondary N) is 2. The van der Waals surface area contributed by atoms with Crippen molar-refractivity contribution in [3.05, 3.63) is 47.7 Å². The molecule has 1 aliphatic carbocycles. The fourth-order valence-electron chi connectivity index (χ4n) is 2.77. The van der Waals surface area contributed by atoms with Gasteiger partial charge in [0.1, 0.15) is 17.3 Å². The van der Waals surface area contributed by atoms with Gasteiger partial charge in [0.25, 0.3) is 5.91 Å². The lowest BCUT2D eigenvalue weighted by atomic mass is 9.95. The molecule has 1 heterocycles. The van der Waals surface area contributed by atoms with Gasteiger partial charge < -0.3 is 10.6 Å². The molecule has 7 heteroatoms. The third-order valence-corrected chi connectivity index (χ3v) is 4.05. The summed E-state index contributed by atoms with van der Waals surface area (Å²) in [5.74, 6) is -1.57. The van der Waals surface area contributed by atoms with E-state index in [-0.39, 0.29) is 29.1 Å². The Hall–Kier alpha value is -2.57. The lowest BCUT2D eigenvalue weighted by molar-refractivity contribution is 0.0921. The predicted octanol–water partition coefficient (Wildman–Crippen LogP) is 3.56. The zero-order chi connectivity index (χ0) is 16.9. The fraction of sp³-hybridized carbons (Fsp3) is 0.353. The highest BCUT2D eigenvalue weighted by Gasteiger charge is 2.18. The quantitative estimate of drug-likeness (QED) is 0.898. The Labute approximate surface area is 138 Å². The summed E-state index contributed by atoms with van der Waals surface area (Å²) in [6.07, 6.45) is 5.40. The maximum atomic E-state index is 13.6. The topological polar surface area (TPSA) is 66.9 Å². The van der Waals surface area contributed by atoms with Gasteiger partial charge in [-0.05, 0) is 37.1 Å². The SMILES string of the molecule is O=C(NC1CCCCC1)c1ccc(Nc2c(F)cccc2F)nn1. The van der Waals surface area contributed by atoms with Crippen LogP contribution in [-0.4, -0.2) is 22.1 Å². The van der Waals surface area contributed by atoms with Crippen LogP contribution in [-0.2, 0) is 0 Å². The van der Waals surface area contributed by atoms with Gasteiger partial charge in [-0.25, -0.2) is 8.78 Å². The second-order valence-electron chi connectivity index (χ2n) is 5.83. The number of carbonyl (C=O) groups is 1. The van der Waals surface area contributed by atoms with E-state index >= 15 is 0 Å². The van der Waals surface area contributed by atoms with Gasteiger partial charge in [-0.3, -0.25) is 4.79 Å². The number of carbonyl (C=O) groups excluding carboxylic acids is 1. The number of nitrogens with zero attached hydrogens (tertiary/aromatic N) is 2. The van der Waals surface area contributed by atoms with Crippen LogP contribution in [0.25, 0.3) is 0 Å². The second-order valence-corrected chi connectivity index (χ2v) is 5.83. The van der Waals surface area contributed by atoms with E-state index in [1.807, 2.05) is 0 Å². The molecule has 24 heavy (non-hydrogen) atoms. The van der Waals surface area contributed by atoms with Crippen LogP contribution in [0, 0.1) is 11.6 Å². The average molecular weight is 332 g/mol. The first-order valence-electron chi connectivity index (χ1n) is 7.99. The summed E-state index contributed by atoms with van der Waals surface area (Å²) < 4.78 is 27.2. The predicted molar refractivity (Wildman–Crippen MR) is 86.0 cm³/mol. The molecule has 2 aromatic rings. The molecule has 126 valence electrons. The van der Waals surface area contributed by atoms with Gasteiger partial charge in [0, 0.05) is 6.04 Å². The standard InChI is InChI=1S/C17H18F2N4O/c18-12-7-4-8-13(19)16(12)21-15-10-9-14(22-23-15)17(24)20-11-5-2-1-3-6-11/h4,7-11H,1-3,5-6H2,(H,20,24)(H,21,23). The molecule has 0 radical (unpaired) electrons. The molecule has 0 saturated heterocycles. The van der Waals surface area contributed by atoms with Crippen LogP contribution in [0.5, 0.6) is 0 Å². The van der Waals surface area contributed by atoms with Crippen molar-refractivity contribution in [3.8, 4) is 0 Å². The van der Waals surface area contributed by atoms with Gasteiger partial charge in [-0.1, -0.05) is 25.3 Å². The molecule has 0 spiro atoms. The van der Waals surface area contributed by atoms with Crippen molar-refractivity contribution in [1.82, 2.24) is 15.5 Å². The Kier molecular flexibility index (Phi) is 4.98. The summed E-state index contributed by atoms with van der Waals surface area (Å²) >= 11 is 0. The smallest absolute Gasteiger partial charge is 0.272 e. The van der Waals surface area contributed by atoms with Crippen LogP contribution < -0.4 is 10.6 Å². The number of hydrogen-bond donors (Lipinski definition) is 2. The van der Waals surface area contributed by atoms with E-state index in [1.54, 1.807) is 0 Å². The van der Waals surface area contributed by atoms with Crippen molar-refractivity contribution >= 4 is 17.4 Å². The van der Waals surface area contributed by atoms with Crippen LogP contribution in [0.3, 0.4) is 0 Å². The molecule has 1 aliphatic rings. The van der Waals surface area contributed by atoms with E-state index in [9.17, 15) is 13.6 Å². The van der Waals surface area contributed by atoms with Gasteiger partial charge in [0.15, 0.2) is 11.5 Å². The van der Waals surface area contributed by atoms with E-state index < -0.39 is 11.6 Å². The molecule has 1 fully saturated rings. The monoisotopic (exact) mass is 332 g/mol. The minimum absolute atomic E-state index is 0.160. The molecule has 0 bridgehead atoms. The number of aromatic nitrogens is 2. The minimum Gasteiger partial charge on any atom is -0.348 e. The summed E-state index contributed by atoms with van der Waals surface area (Å²) in [5, 5.41) is 13.1. The summed E-state index contributed by atoms with van der Waals surface area (Å²) in [4.78, 5) is 12.1. The normalized spacial score (nSPS) is 15.1. The highest BCUT2D eigenvalue weighted by atomic mass is 19.1. The van der Waals surface area contributed by atoms with Gasteiger partial charge in [-0.15, -0.1) is 10.2 Å². The van der Waals surface area contributed by atoms with E-state index in [0.717, 1.165) is 37.8 Å². The molecule has 1 amide bonds. The van der Waals surface area contributed by atoms with Crippen molar-refractivity contribution in [2.24, 2.45) is 0 Å². The number of anilines is 2. The first-order chi connectivity index (χ1) is 11.6. The van der Waals surface area contributed by atoms with Crippen LogP contribution in [0.15, 0.2) is 30.3 Å². The molecule has 1 aromatic heterocycles. The number of rotatable bonds is 4. The van der Waals surface area contributed by atoms with E-state index in [2.05, 4.69) is 20.8 Å². The third-order valence-electron chi connectivity index (χ3n) is 4.05. The molecule has 1 aromatic carbocycles. The Morgan fingerprint density at radius 3 is 2.33 bits per heavy atom. The van der Waals surface area contributed by atoms with Crippen LogP contribution >= 0.6 is 0 Å². The Morgan fingerprint density at radius 2 is 1.71 bits per heavy atom. The highest BCUT2D eigenvalue weighted by Crippen LogP contribution is 2.22. The maximum absolute atomic E-state index is 13.6. The first kappa shape index (κ1) is 16.3. The van der Waals surface area contributed by atoms with Crippen molar-refractivity contribution in [2.45, 2.75) is 38.1 Å². The summed E-state index contributed by atoms with van der Waals surface area (Å²) in [6, 6.07) is 6.69. The number of hydrogen-bond acceptors (Lipinski definition) is 4. The minimum atomic E-state index is -0.726. The van der Waals surface area contributed by atoms with Crippen molar-refractivity contribution in [2.75, 3.05) is 5.32 Å². The largest absolute Gasteiger partial charge is 0.348 e. The lowest BCUT2D eigenvalue weighted by Gasteiger charge is -2.22. The summed E-state index contributed by atoms with van der Waals surface area (Å²) in [6.45, 7) is 0. The average Bonchev–Trinajstić information content (AvgIpc) is 2.60. The second kappa shape index (κ2) is 7.33. The highest BCUT2D eigenvalue weighted by molar-refractivity contribution is 5.92. The zero-order valence-corrected chi connectivity index (χ0v) is 13.1. The van der Waals surface area contributed by atoms with Gasteiger partial charge in [0.05, 0.1) is 0 Å². The molecule has 3 rings (SSSR count). The molecular weight excluding hydrogens is 314 g/mol. The molecule has 0 atom stereocenters. The fourth-order valence-corrected chi connectivity index (χ4v) is 2.77. The molecular formula is C17H18F2N4O. The molecule has 2 N–H and O–H groups in total. The Morgan fingerprint density at radius 1 is 1.00 bits per heavy atom. The molecule has 0 aliphatic heterocycles. The van der Waals surface area contributed by atoms with Crippen LogP contribution in [0.2, 0.25) is 0 Å². The Balaban J connectivity index is 1.65. The number of halogens is 2. The molecule has 1 saturated carbocycles. The van der Waals surface area contributed by atoms with Crippen molar-refractivity contribution in [1.29, 1.82) is 0 Å². The maximum Gasteiger partial charge on any atom is 0.272 e. The van der Waals surface area contributed by atoms with E-state index in [0.29, 0.717) is 0 Å². The first-order valence-corrected chi connectivity index (χ1v) is 7.99. The number of amides is 1. The number of para-hydroxylation sites is 1. The van der Waals surface area contributed by atoms with Gasteiger partial charge in [-0.2, -0.15) is 0 Å². The van der Waals surface area contributed by atoms with Gasteiger partial charge in [0.2, 0.25) is 0 Å². The Bertz CT molecular complexity index is 695. The van der Waals surface area contributed by atoms with Gasteiger partial charge >= 0.3 is 0 Å². The zero-order valence-electron chi connectivity index (χ0n) is 13.1. The van der Waals surface area contributed by atoms with Crippen molar-refractivity contribution < 1.29 is 13.6 Å². The van der Waals surface area contributed by atoms with Crippen LogP contribution in [0.1, 0.15) is 42.6 Å². The van der Waals surface area contributed by atoms with Crippen molar-refractivity contribution in [3.63, 3.8) is 0 Å². The van der Waals surface area contributed by atoms with E-state index in [1.165, 1.54) is 24.6 Å². The molecule has 5 nitrogen and oxygen atoms in total. The number of benzene rings is 1. The third kappa shape index (κ3) is 3.84. The lowest BCUT2D eigenvalue weighted by Crippen LogP contribution is -2.36. The van der Waals surface area contributed by atoms with Crippen LogP contribution in [0.4, 0.5) is 20.3 Å². The summed E-state index contributed by atoms with van der Waals surface area (Å²) in [5.41, 5.74) is -0.119. The molecule has 0 unspecified atom stereocenters.